The first-order valence-electron chi connectivity index (χ1n) is 8.05. The highest BCUT2D eigenvalue weighted by Gasteiger charge is 2.38. The summed E-state index contributed by atoms with van der Waals surface area (Å²) in [5, 5.41) is 14.6. The van der Waals surface area contributed by atoms with Crippen molar-refractivity contribution in [1.29, 1.82) is 0 Å². The molecule has 1 fully saturated rings. The van der Waals surface area contributed by atoms with Gasteiger partial charge in [0.2, 0.25) is 0 Å². The van der Waals surface area contributed by atoms with E-state index in [4.69, 9.17) is 0 Å². The Labute approximate surface area is 136 Å². The number of carbonyl (C=O) groups is 1. The standard InChI is InChI=1S/C18H23N3O2/c1-18(2,23)16-9-6-10-21(16)17(22)15-11-19-20(13-15)12-14-7-4-3-5-8-14/h3-5,7-8,11,13,16,23H,6,9-10,12H2,1-2H3. The molecule has 2 aromatic rings. The second kappa shape index (κ2) is 6.16. The van der Waals surface area contributed by atoms with E-state index in [1.54, 1.807) is 35.8 Å². The zero-order valence-corrected chi connectivity index (χ0v) is 13.6. The molecule has 1 aliphatic rings. The van der Waals surface area contributed by atoms with E-state index in [9.17, 15) is 9.90 Å². The van der Waals surface area contributed by atoms with Crippen LogP contribution in [0.1, 0.15) is 42.6 Å². The smallest absolute Gasteiger partial charge is 0.257 e. The fraction of sp³-hybridized carbons (Fsp3) is 0.444. The van der Waals surface area contributed by atoms with Gasteiger partial charge in [0, 0.05) is 12.7 Å². The molecule has 122 valence electrons. The maximum absolute atomic E-state index is 12.7. The second-order valence-corrected chi connectivity index (χ2v) is 6.72. The van der Waals surface area contributed by atoms with Crippen LogP contribution in [0.3, 0.4) is 0 Å². The van der Waals surface area contributed by atoms with Gasteiger partial charge in [0.05, 0.1) is 29.9 Å². The number of hydrogen-bond donors (Lipinski definition) is 1. The Morgan fingerprint density at radius 2 is 2.09 bits per heavy atom. The van der Waals surface area contributed by atoms with Gasteiger partial charge in [-0.1, -0.05) is 30.3 Å². The van der Waals surface area contributed by atoms with Gasteiger partial charge in [-0.25, -0.2) is 0 Å². The second-order valence-electron chi connectivity index (χ2n) is 6.72. The summed E-state index contributed by atoms with van der Waals surface area (Å²) in [7, 11) is 0. The van der Waals surface area contributed by atoms with Crippen LogP contribution in [0.15, 0.2) is 42.7 Å². The molecule has 0 aliphatic carbocycles. The third-order valence-corrected chi connectivity index (χ3v) is 4.40. The van der Waals surface area contributed by atoms with E-state index in [-0.39, 0.29) is 11.9 Å². The number of aliphatic hydroxyl groups is 1. The summed E-state index contributed by atoms with van der Waals surface area (Å²) < 4.78 is 1.78. The Bertz CT molecular complexity index is 673. The normalized spacial score (nSPS) is 18.4. The van der Waals surface area contributed by atoms with E-state index >= 15 is 0 Å². The van der Waals surface area contributed by atoms with Crippen LogP contribution in [0.25, 0.3) is 0 Å². The summed E-state index contributed by atoms with van der Waals surface area (Å²) in [6.45, 7) is 4.87. The Morgan fingerprint density at radius 3 is 2.78 bits per heavy atom. The average molecular weight is 313 g/mol. The molecule has 1 N–H and O–H groups in total. The van der Waals surface area contributed by atoms with Crippen molar-refractivity contribution in [3.05, 3.63) is 53.9 Å². The van der Waals surface area contributed by atoms with E-state index in [2.05, 4.69) is 5.10 Å². The average Bonchev–Trinajstić information content (AvgIpc) is 3.16. The summed E-state index contributed by atoms with van der Waals surface area (Å²) in [4.78, 5) is 14.5. The van der Waals surface area contributed by atoms with E-state index in [0.717, 1.165) is 18.4 Å². The predicted octanol–water partition coefficient (Wildman–Crippen LogP) is 2.31. The first kappa shape index (κ1) is 15.7. The minimum atomic E-state index is -0.883. The summed E-state index contributed by atoms with van der Waals surface area (Å²) in [5.41, 5.74) is 0.842. The predicted molar refractivity (Wildman–Crippen MR) is 88.1 cm³/mol. The van der Waals surface area contributed by atoms with Crippen LogP contribution >= 0.6 is 0 Å². The third kappa shape index (κ3) is 3.45. The van der Waals surface area contributed by atoms with Crippen molar-refractivity contribution >= 4 is 5.91 Å². The molecule has 23 heavy (non-hydrogen) atoms. The molecular weight excluding hydrogens is 290 g/mol. The molecule has 2 heterocycles. The van der Waals surface area contributed by atoms with Gasteiger partial charge in [0.1, 0.15) is 0 Å². The molecule has 1 atom stereocenters. The molecule has 0 saturated carbocycles. The van der Waals surface area contributed by atoms with Crippen molar-refractivity contribution in [1.82, 2.24) is 14.7 Å². The molecule has 1 aromatic carbocycles. The maximum Gasteiger partial charge on any atom is 0.257 e. The first-order valence-corrected chi connectivity index (χ1v) is 8.05. The van der Waals surface area contributed by atoms with Crippen molar-refractivity contribution < 1.29 is 9.90 Å². The van der Waals surface area contributed by atoms with Gasteiger partial charge in [-0.2, -0.15) is 5.10 Å². The van der Waals surface area contributed by atoms with Gasteiger partial charge in [-0.15, -0.1) is 0 Å². The Kier molecular flexibility index (Phi) is 4.22. The lowest BCUT2D eigenvalue weighted by atomic mass is 9.96. The molecule has 1 aromatic heterocycles. The van der Waals surface area contributed by atoms with E-state index < -0.39 is 5.60 Å². The van der Waals surface area contributed by atoms with Crippen molar-refractivity contribution in [2.75, 3.05) is 6.54 Å². The SMILES string of the molecule is CC(C)(O)C1CCCN1C(=O)c1cnn(Cc2ccccc2)c1. The Balaban J connectivity index is 1.74. The highest BCUT2D eigenvalue weighted by Crippen LogP contribution is 2.28. The quantitative estimate of drug-likeness (QED) is 0.942. The molecule has 0 radical (unpaired) electrons. The zero-order valence-electron chi connectivity index (χ0n) is 13.6. The molecular formula is C18H23N3O2. The molecule has 1 aliphatic heterocycles. The van der Waals surface area contributed by atoms with Crippen LogP contribution in [0.5, 0.6) is 0 Å². The molecule has 1 saturated heterocycles. The maximum atomic E-state index is 12.7. The van der Waals surface area contributed by atoms with Gasteiger partial charge in [0.25, 0.3) is 5.91 Å². The third-order valence-electron chi connectivity index (χ3n) is 4.40. The number of nitrogens with zero attached hydrogens (tertiary/aromatic N) is 3. The molecule has 1 unspecified atom stereocenters. The molecule has 1 amide bonds. The number of aromatic nitrogens is 2. The fourth-order valence-electron chi connectivity index (χ4n) is 3.24. The van der Waals surface area contributed by atoms with E-state index in [0.29, 0.717) is 18.7 Å². The van der Waals surface area contributed by atoms with Crippen LogP contribution in [0, 0.1) is 0 Å². The van der Waals surface area contributed by atoms with Crippen LogP contribution in [0.4, 0.5) is 0 Å². The highest BCUT2D eigenvalue weighted by atomic mass is 16.3. The summed E-state index contributed by atoms with van der Waals surface area (Å²) in [6, 6.07) is 9.90. The van der Waals surface area contributed by atoms with Crippen molar-refractivity contribution in [3.8, 4) is 0 Å². The zero-order chi connectivity index (χ0) is 16.4. The van der Waals surface area contributed by atoms with Gasteiger partial charge < -0.3 is 10.0 Å². The highest BCUT2D eigenvalue weighted by molar-refractivity contribution is 5.94. The Morgan fingerprint density at radius 1 is 1.35 bits per heavy atom. The minimum absolute atomic E-state index is 0.0473. The van der Waals surface area contributed by atoms with Gasteiger partial charge >= 0.3 is 0 Å². The number of hydrogen-bond acceptors (Lipinski definition) is 3. The van der Waals surface area contributed by atoms with Crippen molar-refractivity contribution in [3.63, 3.8) is 0 Å². The largest absolute Gasteiger partial charge is 0.388 e. The first-order chi connectivity index (χ1) is 10.9. The Hall–Kier alpha value is -2.14. The number of likely N-dealkylation sites (tertiary alicyclic amines) is 1. The van der Waals surface area contributed by atoms with Gasteiger partial charge in [0.15, 0.2) is 0 Å². The minimum Gasteiger partial charge on any atom is -0.388 e. The summed E-state index contributed by atoms with van der Waals surface area (Å²) in [5.74, 6) is -0.0473. The van der Waals surface area contributed by atoms with Crippen LogP contribution in [-0.2, 0) is 6.54 Å². The lowest BCUT2D eigenvalue weighted by molar-refractivity contribution is 0.000332. The lowest BCUT2D eigenvalue weighted by Crippen LogP contribution is -2.48. The molecule has 3 rings (SSSR count). The van der Waals surface area contributed by atoms with Gasteiger partial charge in [-0.05, 0) is 32.3 Å². The monoisotopic (exact) mass is 313 g/mol. The number of benzene rings is 1. The topological polar surface area (TPSA) is 58.4 Å². The van der Waals surface area contributed by atoms with E-state index in [1.807, 2.05) is 30.3 Å². The van der Waals surface area contributed by atoms with Crippen LogP contribution in [-0.4, -0.2) is 43.9 Å². The number of rotatable bonds is 4. The summed E-state index contributed by atoms with van der Waals surface area (Å²) in [6.07, 6.45) is 5.17. The van der Waals surface area contributed by atoms with Crippen LogP contribution in [0.2, 0.25) is 0 Å². The lowest BCUT2D eigenvalue weighted by Gasteiger charge is -2.33. The van der Waals surface area contributed by atoms with Crippen molar-refractivity contribution in [2.24, 2.45) is 0 Å². The van der Waals surface area contributed by atoms with E-state index in [1.165, 1.54) is 0 Å². The van der Waals surface area contributed by atoms with Crippen LogP contribution < -0.4 is 0 Å². The molecule has 0 spiro atoms. The summed E-state index contributed by atoms with van der Waals surface area (Å²) >= 11 is 0. The molecule has 0 bridgehead atoms. The number of carbonyl (C=O) groups excluding carboxylic acids is 1. The fourth-order valence-corrected chi connectivity index (χ4v) is 3.24. The number of amides is 1. The van der Waals surface area contributed by atoms with Crippen molar-refractivity contribution in [2.45, 2.75) is 44.9 Å². The molecule has 5 heteroatoms. The van der Waals surface area contributed by atoms with Gasteiger partial charge in [-0.3, -0.25) is 9.48 Å². The molecule has 5 nitrogen and oxygen atoms in total.